The fourth-order valence-corrected chi connectivity index (χ4v) is 2.08. The zero-order valence-electron chi connectivity index (χ0n) is 11.3. The largest absolute Gasteiger partial charge is 0.378 e. The van der Waals surface area contributed by atoms with E-state index in [1.807, 2.05) is 13.0 Å². The molecular formula is C14H21N3O2. The van der Waals surface area contributed by atoms with Crippen molar-refractivity contribution < 1.29 is 9.53 Å². The smallest absolute Gasteiger partial charge is 0.320 e. The Kier molecular flexibility index (Phi) is 5.15. The minimum absolute atomic E-state index is 0.216. The van der Waals surface area contributed by atoms with Gasteiger partial charge in [-0.1, -0.05) is 6.07 Å². The van der Waals surface area contributed by atoms with Crippen LogP contribution >= 0.6 is 0 Å². The van der Waals surface area contributed by atoms with Crippen molar-refractivity contribution in [3.05, 3.63) is 23.9 Å². The van der Waals surface area contributed by atoms with Crippen molar-refractivity contribution >= 4 is 11.8 Å². The number of hydrogen-bond donors (Lipinski definition) is 2. The molecule has 1 aromatic heterocycles. The first-order valence-electron chi connectivity index (χ1n) is 6.83. The molecule has 2 rings (SSSR count). The van der Waals surface area contributed by atoms with Crippen LogP contribution in [0.1, 0.15) is 31.2 Å². The summed E-state index contributed by atoms with van der Waals surface area (Å²) in [5, 5.41) is 5.53. The van der Waals surface area contributed by atoms with E-state index in [0.717, 1.165) is 31.4 Å². The quantitative estimate of drug-likeness (QED) is 0.877. The van der Waals surface area contributed by atoms with Crippen molar-refractivity contribution in [1.82, 2.24) is 10.3 Å². The lowest BCUT2D eigenvalue weighted by Gasteiger charge is -2.22. The Hall–Kier alpha value is -1.62. The fraction of sp³-hybridized carbons (Fsp3) is 0.571. The number of rotatable bonds is 4. The first kappa shape index (κ1) is 13.8. The Bertz CT molecular complexity index is 400. The number of carbonyl (C=O) groups is 1. The van der Waals surface area contributed by atoms with E-state index >= 15 is 0 Å². The van der Waals surface area contributed by atoms with Crippen molar-refractivity contribution in [1.29, 1.82) is 0 Å². The van der Waals surface area contributed by atoms with E-state index in [4.69, 9.17) is 4.74 Å². The fourth-order valence-electron chi connectivity index (χ4n) is 2.08. The molecule has 1 aliphatic heterocycles. The highest BCUT2D eigenvalue weighted by molar-refractivity contribution is 5.88. The summed E-state index contributed by atoms with van der Waals surface area (Å²) in [4.78, 5) is 15.8. The molecule has 1 saturated heterocycles. The van der Waals surface area contributed by atoms with E-state index in [1.54, 1.807) is 12.3 Å². The van der Waals surface area contributed by atoms with E-state index in [1.165, 1.54) is 6.42 Å². The van der Waals surface area contributed by atoms with Gasteiger partial charge in [-0.05, 0) is 44.2 Å². The van der Waals surface area contributed by atoms with Crippen LogP contribution in [-0.4, -0.2) is 30.3 Å². The van der Waals surface area contributed by atoms with Gasteiger partial charge in [-0.3, -0.25) is 5.32 Å². The highest BCUT2D eigenvalue weighted by atomic mass is 16.5. The Labute approximate surface area is 113 Å². The molecule has 1 fully saturated rings. The summed E-state index contributed by atoms with van der Waals surface area (Å²) in [6.07, 6.45) is 6.38. The molecule has 0 bridgehead atoms. The molecule has 104 valence electrons. The highest BCUT2D eigenvalue weighted by Crippen LogP contribution is 2.14. The van der Waals surface area contributed by atoms with Gasteiger partial charge in [0, 0.05) is 19.3 Å². The van der Waals surface area contributed by atoms with Crippen molar-refractivity contribution in [2.24, 2.45) is 0 Å². The summed E-state index contributed by atoms with van der Waals surface area (Å²) < 4.78 is 5.61. The summed E-state index contributed by atoms with van der Waals surface area (Å²) in [6, 6.07) is 3.49. The van der Waals surface area contributed by atoms with Gasteiger partial charge in [0.1, 0.15) is 5.82 Å². The van der Waals surface area contributed by atoms with Gasteiger partial charge >= 0.3 is 6.03 Å². The summed E-state index contributed by atoms with van der Waals surface area (Å²) in [5.41, 5.74) is 1.07. The van der Waals surface area contributed by atoms with Crippen LogP contribution in [-0.2, 0) is 4.74 Å². The molecule has 1 atom stereocenters. The van der Waals surface area contributed by atoms with Crippen molar-refractivity contribution in [3.63, 3.8) is 0 Å². The molecule has 1 aliphatic rings. The third kappa shape index (κ3) is 4.87. The molecule has 0 spiro atoms. The predicted molar refractivity (Wildman–Crippen MR) is 74.2 cm³/mol. The van der Waals surface area contributed by atoms with Gasteiger partial charge in [0.25, 0.3) is 0 Å². The summed E-state index contributed by atoms with van der Waals surface area (Å²) in [7, 11) is 0. The van der Waals surface area contributed by atoms with Crippen LogP contribution in [0.3, 0.4) is 0 Å². The van der Waals surface area contributed by atoms with E-state index in [2.05, 4.69) is 15.6 Å². The number of ether oxygens (including phenoxy) is 1. The van der Waals surface area contributed by atoms with Gasteiger partial charge in [0.15, 0.2) is 0 Å². The molecule has 0 aromatic carbocycles. The standard InChI is InChI=1S/C14H21N3O2/c1-11-5-6-13(16-10-11)17-14(18)15-8-7-12-4-2-3-9-19-12/h5-6,10,12H,2-4,7-9H2,1H3,(H2,15,16,17,18)/t12-/m0/s1. The maximum Gasteiger partial charge on any atom is 0.320 e. The summed E-state index contributed by atoms with van der Waals surface area (Å²) in [6.45, 7) is 3.44. The van der Waals surface area contributed by atoms with Gasteiger partial charge in [-0.15, -0.1) is 0 Å². The van der Waals surface area contributed by atoms with E-state index in [0.29, 0.717) is 18.5 Å². The topological polar surface area (TPSA) is 63.2 Å². The molecule has 0 radical (unpaired) electrons. The SMILES string of the molecule is Cc1ccc(NC(=O)NCC[C@@H]2CCCCO2)nc1. The molecule has 0 unspecified atom stereocenters. The Morgan fingerprint density at radius 3 is 3.05 bits per heavy atom. The minimum Gasteiger partial charge on any atom is -0.378 e. The molecule has 5 heteroatoms. The number of aromatic nitrogens is 1. The second-order valence-corrected chi connectivity index (χ2v) is 4.88. The molecule has 2 N–H and O–H groups in total. The normalized spacial score (nSPS) is 18.9. The lowest BCUT2D eigenvalue weighted by atomic mass is 10.1. The van der Waals surface area contributed by atoms with Crippen LogP contribution in [0.15, 0.2) is 18.3 Å². The van der Waals surface area contributed by atoms with Crippen LogP contribution in [0.5, 0.6) is 0 Å². The molecule has 1 aromatic rings. The number of nitrogens with zero attached hydrogens (tertiary/aromatic N) is 1. The zero-order valence-corrected chi connectivity index (χ0v) is 11.3. The van der Waals surface area contributed by atoms with Crippen LogP contribution in [0.2, 0.25) is 0 Å². The average Bonchev–Trinajstić information content (AvgIpc) is 2.43. The summed E-state index contributed by atoms with van der Waals surface area (Å²) >= 11 is 0. The minimum atomic E-state index is -0.216. The number of aryl methyl sites for hydroxylation is 1. The predicted octanol–water partition coefficient (Wildman–Crippen LogP) is 2.47. The molecule has 2 amide bonds. The third-order valence-corrected chi connectivity index (χ3v) is 3.18. The zero-order chi connectivity index (χ0) is 13.5. The van der Waals surface area contributed by atoms with Crippen LogP contribution < -0.4 is 10.6 Å². The van der Waals surface area contributed by atoms with Gasteiger partial charge in [0.05, 0.1) is 6.10 Å². The average molecular weight is 263 g/mol. The Morgan fingerprint density at radius 2 is 2.37 bits per heavy atom. The molecular weight excluding hydrogens is 242 g/mol. The third-order valence-electron chi connectivity index (χ3n) is 3.18. The van der Waals surface area contributed by atoms with Crippen molar-refractivity contribution in [2.75, 3.05) is 18.5 Å². The maximum atomic E-state index is 11.6. The number of carbonyl (C=O) groups excluding carboxylic acids is 1. The van der Waals surface area contributed by atoms with Gasteiger partial charge in [-0.25, -0.2) is 9.78 Å². The van der Waals surface area contributed by atoms with E-state index in [9.17, 15) is 4.79 Å². The Balaban J connectivity index is 1.65. The molecule has 0 saturated carbocycles. The number of pyridine rings is 1. The number of hydrogen-bond acceptors (Lipinski definition) is 3. The number of amides is 2. The molecule has 19 heavy (non-hydrogen) atoms. The first-order chi connectivity index (χ1) is 9.24. The number of urea groups is 1. The molecule has 0 aliphatic carbocycles. The van der Waals surface area contributed by atoms with Crippen LogP contribution in [0.4, 0.5) is 10.6 Å². The number of nitrogens with one attached hydrogen (secondary N) is 2. The van der Waals surface area contributed by atoms with Gasteiger partial charge in [-0.2, -0.15) is 0 Å². The van der Waals surface area contributed by atoms with Crippen LogP contribution in [0.25, 0.3) is 0 Å². The van der Waals surface area contributed by atoms with Crippen molar-refractivity contribution in [3.8, 4) is 0 Å². The van der Waals surface area contributed by atoms with E-state index in [-0.39, 0.29) is 6.03 Å². The lowest BCUT2D eigenvalue weighted by Crippen LogP contribution is -2.32. The summed E-state index contributed by atoms with van der Waals surface area (Å²) in [5.74, 6) is 0.567. The second kappa shape index (κ2) is 7.09. The van der Waals surface area contributed by atoms with Gasteiger partial charge < -0.3 is 10.1 Å². The number of anilines is 1. The molecule has 5 nitrogen and oxygen atoms in total. The van der Waals surface area contributed by atoms with Gasteiger partial charge in [0.2, 0.25) is 0 Å². The maximum absolute atomic E-state index is 11.6. The highest BCUT2D eigenvalue weighted by Gasteiger charge is 2.13. The monoisotopic (exact) mass is 263 g/mol. The van der Waals surface area contributed by atoms with Crippen molar-refractivity contribution in [2.45, 2.75) is 38.7 Å². The van der Waals surface area contributed by atoms with Crippen LogP contribution in [0, 0.1) is 6.92 Å². The lowest BCUT2D eigenvalue weighted by molar-refractivity contribution is 0.0120. The Morgan fingerprint density at radius 1 is 1.47 bits per heavy atom. The van der Waals surface area contributed by atoms with E-state index < -0.39 is 0 Å². The first-order valence-corrected chi connectivity index (χ1v) is 6.83. The molecule has 2 heterocycles. The second-order valence-electron chi connectivity index (χ2n) is 4.88.